The summed E-state index contributed by atoms with van der Waals surface area (Å²) in [6.07, 6.45) is 0. The third kappa shape index (κ3) is 3.32. The van der Waals surface area contributed by atoms with E-state index in [2.05, 4.69) is 21.2 Å². The molecule has 0 unspecified atom stereocenters. The first-order valence-electron chi connectivity index (χ1n) is 5.63. The maximum absolute atomic E-state index is 11.1. The highest BCUT2D eigenvalue weighted by atomic mass is 79.9. The topological polar surface area (TPSA) is 92.5 Å². The van der Waals surface area contributed by atoms with Gasteiger partial charge in [0.15, 0.2) is 0 Å². The molecule has 0 saturated heterocycles. The van der Waals surface area contributed by atoms with Gasteiger partial charge < -0.3 is 10.4 Å². The maximum atomic E-state index is 11.1. The summed E-state index contributed by atoms with van der Waals surface area (Å²) in [4.78, 5) is 21.5. The lowest BCUT2D eigenvalue weighted by atomic mass is 10.1. The van der Waals surface area contributed by atoms with Crippen LogP contribution < -0.4 is 5.32 Å². The summed E-state index contributed by atoms with van der Waals surface area (Å²) < 4.78 is 0.617. The molecule has 0 aliphatic rings. The maximum Gasteiger partial charge on any atom is 0.342 e. The Kier molecular flexibility index (Phi) is 4.44. The molecule has 108 valence electrons. The number of benzene rings is 2. The molecule has 2 rings (SSSR count). The van der Waals surface area contributed by atoms with E-state index in [0.29, 0.717) is 15.2 Å². The SMILES string of the molecule is O=C(O)c1cccc(Nc2ccc(Cl)c(Br)c2)c1[N+](=O)[O-]. The molecule has 21 heavy (non-hydrogen) atoms. The van der Waals surface area contributed by atoms with Gasteiger partial charge >= 0.3 is 11.7 Å². The number of para-hydroxylation sites is 1. The molecule has 0 aliphatic heterocycles. The van der Waals surface area contributed by atoms with Gasteiger partial charge in [0.1, 0.15) is 11.3 Å². The van der Waals surface area contributed by atoms with Crippen molar-refractivity contribution < 1.29 is 14.8 Å². The normalized spacial score (nSPS) is 10.2. The van der Waals surface area contributed by atoms with Crippen molar-refractivity contribution >= 4 is 50.6 Å². The molecule has 6 nitrogen and oxygen atoms in total. The van der Waals surface area contributed by atoms with Crippen molar-refractivity contribution in [1.29, 1.82) is 0 Å². The standard InChI is InChI=1S/C13H8BrClN2O4/c14-9-6-7(4-5-10(9)15)16-11-3-1-2-8(13(18)19)12(11)17(20)21/h1-6,16H,(H,18,19). The average molecular weight is 372 g/mol. The number of rotatable bonds is 4. The van der Waals surface area contributed by atoms with Crippen LogP contribution in [0.2, 0.25) is 5.02 Å². The molecule has 2 aromatic rings. The molecule has 0 saturated carbocycles. The van der Waals surface area contributed by atoms with Gasteiger partial charge in [-0.15, -0.1) is 0 Å². The summed E-state index contributed by atoms with van der Waals surface area (Å²) in [5.41, 5.74) is -0.236. The molecule has 0 aromatic heterocycles. The molecule has 0 heterocycles. The van der Waals surface area contributed by atoms with Crippen molar-refractivity contribution in [3.63, 3.8) is 0 Å². The Morgan fingerprint density at radius 3 is 2.62 bits per heavy atom. The Morgan fingerprint density at radius 1 is 1.33 bits per heavy atom. The van der Waals surface area contributed by atoms with Crippen LogP contribution in [0.25, 0.3) is 0 Å². The van der Waals surface area contributed by atoms with Crippen molar-refractivity contribution in [2.24, 2.45) is 0 Å². The second-order valence-corrected chi connectivity index (χ2v) is 5.28. The van der Waals surface area contributed by atoms with Crippen LogP contribution in [0.4, 0.5) is 17.1 Å². The van der Waals surface area contributed by atoms with Gasteiger partial charge in [-0.3, -0.25) is 10.1 Å². The zero-order valence-corrected chi connectivity index (χ0v) is 12.7. The average Bonchev–Trinajstić information content (AvgIpc) is 2.42. The van der Waals surface area contributed by atoms with Crippen LogP contribution in [0.15, 0.2) is 40.9 Å². The summed E-state index contributed by atoms with van der Waals surface area (Å²) >= 11 is 9.12. The highest BCUT2D eigenvalue weighted by Crippen LogP contribution is 2.33. The molecule has 0 spiro atoms. The van der Waals surface area contributed by atoms with Crippen LogP contribution in [0, 0.1) is 10.1 Å². The zero-order valence-electron chi connectivity index (χ0n) is 10.3. The van der Waals surface area contributed by atoms with Crippen molar-refractivity contribution in [3.8, 4) is 0 Å². The molecule has 2 aromatic carbocycles. The van der Waals surface area contributed by atoms with Gasteiger partial charge in [-0.1, -0.05) is 17.7 Å². The first-order valence-corrected chi connectivity index (χ1v) is 6.80. The zero-order chi connectivity index (χ0) is 15.6. The van der Waals surface area contributed by atoms with Crippen LogP contribution in [0.5, 0.6) is 0 Å². The first-order chi connectivity index (χ1) is 9.90. The Hall–Kier alpha value is -2.12. The fourth-order valence-corrected chi connectivity index (χ4v) is 2.24. The van der Waals surface area contributed by atoms with E-state index in [9.17, 15) is 14.9 Å². The predicted molar refractivity (Wildman–Crippen MR) is 82.5 cm³/mol. The smallest absolute Gasteiger partial charge is 0.342 e. The van der Waals surface area contributed by atoms with Crippen LogP contribution in [0.1, 0.15) is 10.4 Å². The molecular formula is C13H8BrClN2O4. The molecule has 0 fully saturated rings. The number of anilines is 2. The first kappa shape index (κ1) is 15.3. The van der Waals surface area contributed by atoms with Crippen LogP contribution in [0.3, 0.4) is 0 Å². The van der Waals surface area contributed by atoms with E-state index >= 15 is 0 Å². The van der Waals surface area contributed by atoms with Crippen molar-refractivity contribution in [2.45, 2.75) is 0 Å². The molecule has 2 N–H and O–H groups in total. The number of nitro groups is 1. The number of hydrogen-bond acceptors (Lipinski definition) is 4. The number of nitrogens with zero attached hydrogens (tertiary/aromatic N) is 1. The van der Waals surface area contributed by atoms with Gasteiger partial charge in [0, 0.05) is 10.2 Å². The lowest BCUT2D eigenvalue weighted by Gasteiger charge is -2.09. The highest BCUT2D eigenvalue weighted by molar-refractivity contribution is 9.10. The highest BCUT2D eigenvalue weighted by Gasteiger charge is 2.24. The number of carboxylic acids is 1. The van der Waals surface area contributed by atoms with Crippen molar-refractivity contribution in [2.75, 3.05) is 5.32 Å². The number of aromatic carboxylic acids is 1. The third-order valence-electron chi connectivity index (χ3n) is 2.65. The Morgan fingerprint density at radius 2 is 2.05 bits per heavy atom. The van der Waals surface area contributed by atoms with E-state index in [1.165, 1.54) is 18.2 Å². The summed E-state index contributed by atoms with van der Waals surface area (Å²) in [6, 6.07) is 8.94. The van der Waals surface area contributed by atoms with E-state index in [-0.39, 0.29) is 11.3 Å². The van der Waals surface area contributed by atoms with Gasteiger partial charge in [0.2, 0.25) is 0 Å². The molecule has 0 atom stereocenters. The monoisotopic (exact) mass is 370 g/mol. The van der Waals surface area contributed by atoms with Crippen LogP contribution in [-0.4, -0.2) is 16.0 Å². The largest absolute Gasteiger partial charge is 0.477 e. The molecular weight excluding hydrogens is 364 g/mol. The number of hydrogen-bond donors (Lipinski definition) is 2. The van der Waals surface area contributed by atoms with E-state index in [1.54, 1.807) is 18.2 Å². The van der Waals surface area contributed by atoms with E-state index in [4.69, 9.17) is 16.7 Å². The van der Waals surface area contributed by atoms with Gasteiger partial charge in [-0.25, -0.2) is 4.79 Å². The quantitative estimate of drug-likeness (QED) is 0.612. The molecule has 8 heteroatoms. The fraction of sp³-hybridized carbons (Fsp3) is 0. The number of carboxylic acid groups (broad SMARTS) is 1. The second-order valence-electron chi connectivity index (χ2n) is 4.02. The molecule has 0 bridgehead atoms. The summed E-state index contributed by atoms with van der Waals surface area (Å²) in [5.74, 6) is -1.36. The van der Waals surface area contributed by atoms with E-state index < -0.39 is 16.6 Å². The minimum Gasteiger partial charge on any atom is -0.477 e. The predicted octanol–water partition coefficient (Wildman–Crippen LogP) is 4.45. The van der Waals surface area contributed by atoms with Crippen molar-refractivity contribution in [1.82, 2.24) is 0 Å². The Labute approximate surface area is 132 Å². The molecule has 0 radical (unpaired) electrons. The summed E-state index contributed by atoms with van der Waals surface area (Å²) in [5, 5.41) is 23.5. The minimum absolute atomic E-state index is 0.0918. The lowest BCUT2D eigenvalue weighted by Crippen LogP contribution is -2.05. The van der Waals surface area contributed by atoms with Gasteiger partial charge in [0.05, 0.1) is 9.95 Å². The fourth-order valence-electron chi connectivity index (χ4n) is 1.74. The van der Waals surface area contributed by atoms with Gasteiger partial charge in [-0.2, -0.15) is 0 Å². The van der Waals surface area contributed by atoms with Crippen molar-refractivity contribution in [3.05, 3.63) is 61.6 Å². The lowest BCUT2D eigenvalue weighted by molar-refractivity contribution is -0.384. The number of halogens is 2. The Balaban J connectivity index is 2.48. The number of carbonyl (C=O) groups is 1. The summed E-state index contributed by atoms with van der Waals surface area (Å²) in [6.45, 7) is 0. The minimum atomic E-state index is -1.36. The number of nitrogens with one attached hydrogen (secondary N) is 1. The summed E-state index contributed by atoms with van der Waals surface area (Å²) in [7, 11) is 0. The number of nitro benzene ring substituents is 1. The van der Waals surface area contributed by atoms with Gasteiger partial charge in [-0.05, 0) is 46.3 Å². The van der Waals surface area contributed by atoms with Crippen LogP contribution >= 0.6 is 27.5 Å². The molecule has 0 aliphatic carbocycles. The molecule has 0 amide bonds. The van der Waals surface area contributed by atoms with Crippen LogP contribution in [-0.2, 0) is 0 Å². The van der Waals surface area contributed by atoms with E-state index in [0.717, 1.165) is 0 Å². The van der Waals surface area contributed by atoms with Gasteiger partial charge in [0.25, 0.3) is 0 Å². The second kappa shape index (κ2) is 6.11. The van der Waals surface area contributed by atoms with E-state index in [1.807, 2.05) is 0 Å². The third-order valence-corrected chi connectivity index (χ3v) is 3.86. The Bertz CT molecular complexity index is 736.